The molecular formula is C17H34FN3O6P2. The lowest BCUT2D eigenvalue weighted by molar-refractivity contribution is -0.138. The molecule has 0 fully saturated rings. The van der Waals surface area contributed by atoms with Crippen molar-refractivity contribution in [3.63, 3.8) is 0 Å². The summed E-state index contributed by atoms with van der Waals surface area (Å²) in [5.74, 6) is -1.35. The summed E-state index contributed by atoms with van der Waals surface area (Å²) in [5, 5.41) is 9.00. The summed E-state index contributed by atoms with van der Waals surface area (Å²) in [4.78, 5) is 9.51. The van der Waals surface area contributed by atoms with E-state index in [1.807, 2.05) is 13.8 Å². The van der Waals surface area contributed by atoms with Gasteiger partial charge in [0.25, 0.3) is 0 Å². The van der Waals surface area contributed by atoms with Crippen LogP contribution in [-0.4, -0.2) is 59.0 Å². The van der Waals surface area contributed by atoms with Crippen LogP contribution in [0.15, 0.2) is 4.76 Å². The van der Waals surface area contributed by atoms with Crippen LogP contribution in [0, 0.1) is 5.41 Å². The maximum absolute atomic E-state index is 14.1. The van der Waals surface area contributed by atoms with Gasteiger partial charge in [0.1, 0.15) is 18.6 Å². The molecule has 0 aromatic carbocycles. The molecule has 1 heterocycles. The summed E-state index contributed by atoms with van der Waals surface area (Å²) in [6.07, 6.45) is 0.574. The number of carbonyl (C=O) groups is 1. The number of aliphatic carboxylic acids is 1. The lowest BCUT2D eigenvalue weighted by Gasteiger charge is -2.48. The van der Waals surface area contributed by atoms with Crippen LogP contribution in [0.3, 0.4) is 0 Å². The number of halogens is 1. The Labute approximate surface area is 172 Å². The lowest BCUT2D eigenvalue weighted by Crippen LogP contribution is -2.46. The predicted molar refractivity (Wildman–Crippen MR) is 111 cm³/mol. The Kier molecular flexibility index (Phi) is 8.66. The van der Waals surface area contributed by atoms with Crippen molar-refractivity contribution in [2.45, 2.75) is 65.3 Å². The normalized spacial score (nSPS) is 28.1. The maximum Gasteiger partial charge on any atom is 0.333 e. The molecule has 0 aromatic heterocycles. The van der Waals surface area contributed by atoms with E-state index in [-0.39, 0.29) is 32.0 Å². The Balaban J connectivity index is 3.39. The molecule has 1 aliphatic heterocycles. The van der Waals surface area contributed by atoms with Crippen LogP contribution in [0.2, 0.25) is 0 Å². The number of alkyl halides is 1. The van der Waals surface area contributed by atoms with Crippen LogP contribution >= 0.6 is 15.0 Å². The van der Waals surface area contributed by atoms with E-state index in [1.54, 1.807) is 13.8 Å². The van der Waals surface area contributed by atoms with Crippen molar-refractivity contribution in [2.75, 3.05) is 26.4 Å². The smallest absolute Gasteiger partial charge is 0.333 e. The van der Waals surface area contributed by atoms with Crippen LogP contribution in [0.4, 0.5) is 4.39 Å². The number of nitrogens with zero attached hydrogens (tertiary/aromatic N) is 2. The molecule has 29 heavy (non-hydrogen) atoms. The highest BCUT2D eigenvalue weighted by molar-refractivity contribution is 7.78. The van der Waals surface area contributed by atoms with Gasteiger partial charge in [-0.1, -0.05) is 13.8 Å². The second-order valence-electron chi connectivity index (χ2n) is 8.23. The molecule has 1 rings (SSSR count). The molecule has 3 unspecified atom stereocenters. The zero-order valence-electron chi connectivity index (χ0n) is 18.1. The molecule has 0 saturated carbocycles. The topological polar surface area (TPSA) is 132 Å². The first-order chi connectivity index (χ1) is 13.2. The Bertz CT molecular complexity index is 728. The predicted octanol–water partition coefficient (Wildman–Crippen LogP) is 4.08. The van der Waals surface area contributed by atoms with Crippen molar-refractivity contribution >= 4 is 26.8 Å². The van der Waals surface area contributed by atoms with Crippen molar-refractivity contribution in [3.05, 3.63) is 0 Å². The largest absolute Gasteiger partial charge is 0.480 e. The zero-order chi connectivity index (χ0) is 22.7. The monoisotopic (exact) mass is 457 g/mol. The van der Waals surface area contributed by atoms with Crippen molar-refractivity contribution in [3.8, 4) is 0 Å². The Morgan fingerprint density at radius 2 is 1.86 bits per heavy atom. The summed E-state index contributed by atoms with van der Waals surface area (Å²) in [6, 6.07) is -1.03. The summed E-state index contributed by atoms with van der Waals surface area (Å²) in [5.41, 5.74) is 5.00. The van der Waals surface area contributed by atoms with E-state index in [0.717, 1.165) is 0 Å². The third kappa shape index (κ3) is 5.28. The molecule has 0 spiro atoms. The SMILES string of the molecule is CCOP1(=O)N=C(CF)N(CC(C)(C)CCC(N)C(=O)O)P(=O)(OCC)C1(C)C. The Morgan fingerprint density at radius 3 is 2.31 bits per heavy atom. The first-order valence-electron chi connectivity index (χ1n) is 9.62. The fourth-order valence-electron chi connectivity index (χ4n) is 3.13. The molecular weight excluding hydrogens is 423 g/mol. The number of rotatable bonds is 11. The molecule has 0 saturated heterocycles. The van der Waals surface area contributed by atoms with Gasteiger partial charge in [0.05, 0.1) is 13.2 Å². The number of amidine groups is 1. The van der Waals surface area contributed by atoms with Crippen molar-refractivity contribution in [1.29, 1.82) is 0 Å². The van der Waals surface area contributed by atoms with E-state index in [0.29, 0.717) is 6.42 Å². The van der Waals surface area contributed by atoms with Crippen LogP contribution in [-0.2, 0) is 23.0 Å². The first-order valence-corrected chi connectivity index (χ1v) is 12.8. The van der Waals surface area contributed by atoms with E-state index < -0.39 is 44.0 Å². The summed E-state index contributed by atoms with van der Waals surface area (Å²) in [6.45, 7) is 9.04. The minimum atomic E-state index is -3.89. The van der Waals surface area contributed by atoms with Crippen LogP contribution < -0.4 is 5.73 Å². The van der Waals surface area contributed by atoms with E-state index in [2.05, 4.69) is 4.76 Å². The second kappa shape index (κ2) is 9.56. The number of hydrogen-bond donors (Lipinski definition) is 2. The highest BCUT2D eigenvalue weighted by Gasteiger charge is 2.63. The fourth-order valence-corrected chi connectivity index (χ4v) is 9.09. The molecule has 170 valence electrons. The third-order valence-corrected chi connectivity index (χ3v) is 12.0. The van der Waals surface area contributed by atoms with Gasteiger partial charge >= 0.3 is 21.0 Å². The van der Waals surface area contributed by atoms with Gasteiger partial charge in [-0.3, -0.25) is 18.6 Å². The molecule has 3 atom stereocenters. The van der Waals surface area contributed by atoms with Gasteiger partial charge in [0.2, 0.25) is 0 Å². The quantitative estimate of drug-likeness (QED) is 0.444. The van der Waals surface area contributed by atoms with Gasteiger partial charge in [-0.2, -0.15) is 4.76 Å². The minimum Gasteiger partial charge on any atom is -0.480 e. The van der Waals surface area contributed by atoms with Crippen molar-refractivity contribution in [1.82, 2.24) is 4.67 Å². The summed E-state index contributed by atoms with van der Waals surface area (Å²) < 4.78 is 57.8. The van der Waals surface area contributed by atoms with E-state index >= 15 is 0 Å². The summed E-state index contributed by atoms with van der Waals surface area (Å²) in [7, 11) is -7.75. The molecule has 0 aromatic rings. The summed E-state index contributed by atoms with van der Waals surface area (Å²) >= 11 is 0. The van der Waals surface area contributed by atoms with Crippen LogP contribution in [0.5, 0.6) is 0 Å². The maximum atomic E-state index is 14.1. The molecule has 3 N–H and O–H groups in total. The van der Waals surface area contributed by atoms with Gasteiger partial charge in [-0.05, 0) is 46.0 Å². The van der Waals surface area contributed by atoms with Gasteiger partial charge in [0, 0.05) is 6.54 Å². The van der Waals surface area contributed by atoms with Crippen LogP contribution in [0.25, 0.3) is 0 Å². The average Bonchev–Trinajstić information content (AvgIpc) is 2.61. The van der Waals surface area contributed by atoms with Crippen molar-refractivity contribution < 1.29 is 32.5 Å². The van der Waals surface area contributed by atoms with Gasteiger partial charge < -0.3 is 19.9 Å². The average molecular weight is 457 g/mol. The standard InChI is InChI=1S/C17H34FN3O6P2/c1-7-26-28(24)17(5,6)29(25,27-8-2)21(14(11-18)20-28)12-16(3,4)10-9-13(19)15(22)23/h13H,7-12,19H2,1-6H3,(H,22,23). The second-order valence-corrected chi connectivity index (χ2v) is 14.1. The fraction of sp³-hybridized carbons (Fsp3) is 0.882. The number of hydrogen-bond acceptors (Lipinski definition) is 6. The molecule has 0 amide bonds. The molecule has 0 aliphatic carbocycles. The van der Waals surface area contributed by atoms with Gasteiger partial charge in [0.15, 0.2) is 4.90 Å². The lowest BCUT2D eigenvalue weighted by atomic mass is 9.86. The number of carboxylic acids is 1. The van der Waals surface area contributed by atoms with Crippen molar-refractivity contribution in [2.24, 2.45) is 15.9 Å². The number of nitrogens with two attached hydrogens (primary N) is 1. The molecule has 9 nitrogen and oxygen atoms in total. The van der Waals surface area contributed by atoms with Gasteiger partial charge in [-0.15, -0.1) is 0 Å². The molecule has 12 heteroatoms. The Morgan fingerprint density at radius 1 is 1.31 bits per heavy atom. The highest BCUT2D eigenvalue weighted by Crippen LogP contribution is 2.81. The van der Waals surface area contributed by atoms with E-state index in [1.165, 1.54) is 18.5 Å². The zero-order valence-corrected chi connectivity index (χ0v) is 19.8. The third-order valence-electron chi connectivity index (χ3n) is 5.00. The van der Waals surface area contributed by atoms with Gasteiger partial charge in [-0.25, -0.2) is 4.39 Å². The first kappa shape index (κ1) is 26.2. The van der Waals surface area contributed by atoms with Crippen LogP contribution in [0.1, 0.15) is 54.4 Å². The number of carboxylic acid groups (broad SMARTS) is 1. The highest BCUT2D eigenvalue weighted by atomic mass is 31.2. The van der Waals surface area contributed by atoms with E-state index in [9.17, 15) is 18.3 Å². The molecule has 0 radical (unpaired) electrons. The molecule has 1 aliphatic rings. The Hall–Kier alpha value is -0.790. The van der Waals surface area contributed by atoms with E-state index in [4.69, 9.17) is 19.9 Å². The minimum absolute atomic E-state index is 0.0627. The molecule has 0 bridgehead atoms.